The third-order valence-electron chi connectivity index (χ3n) is 3.63. The van der Waals surface area contributed by atoms with Gasteiger partial charge in [0.1, 0.15) is 5.82 Å². The fraction of sp³-hybridized carbons (Fsp3) is 0.500. The summed E-state index contributed by atoms with van der Waals surface area (Å²) in [7, 11) is 0. The fourth-order valence-corrected chi connectivity index (χ4v) is 2.69. The minimum Gasteiger partial charge on any atom is -0.342 e. The zero-order chi connectivity index (χ0) is 11.7. The van der Waals surface area contributed by atoms with Crippen molar-refractivity contribution in [2.45, 2.75) is 38.6 Å². The van der Waals surface area contributed by atoms with Gasteiger partial charge in [-0.2, -0.15) is 0 Å². The van der Waals surface area contributed by atoms with Crippen molar-refractivity contribution >= 4 is 11.0 Å². The Morgan fingerprint density at radius 2 is 2.35 bits per heavy atom. The highest BCUT2D eigenvalue weighted by molar-refractivity contribution is 5.78. The summed E-state index contributed by atoms with van der Waals surface area (Å²) < 4.78 is 0. The van der Waals surface area contributed by atoms with Crippen molar-refractivity contribution in [2.24, 2.45) is 0 Å². The Morgan fingerprint density at radius 3 is 3.12 bits per heavy atom. The third kappa shape index (κ3) is 2.07. The van der Waals surface area contributed by atoms with Crippen LogP contribution < -0.4 is 5.32 Å². The first kappa shape index (κ1) is 10.8. The van der Waals surface area contributed by atoms with E-state index in [1.807, 2.05) is 0 Å². The first-order valence-corrected chi connectivity index (χ1v) is 6.56. The molecule has 1 unspecified atom stereocenters. The molecule has 1 aliphatic rings. The maximum absolute atomic E-state index is 4.75. The molecule has 2 aromatic rings. The van der Waals surface area contributed by atoms with Gasteiger partial charge in [-0.15, -0.1) is 0 Å². The molecule has 0 spiro atoms. The summed E-state index contributed by atoms with van der Waals surface area (Å²) in [6.07, 6.45) is 4.64. The Morgan fingerprint density at radius 1 is 1.41 bits per heavy atom. The number of aromatic nitrogens is 2. The van der Waals surface area contributed by atoms with Gasteiger partial charge in [0.2, 0.25) is 0 Å². The SMILES string of the molecule is CCc1cccc2[nH]c(CC3CCCN3)nc12. The van der Waals surface area contributed by atoms with Crippen molar-refractivity contribution in [1.29, 1.82) is 0 Å². The van der Waals surface area contributed by atoms with Gasteiger partial charge in [-0.25, -0.2) is 4.98 Å². The van der Waals surface area contributed by atoms with E-state index in [0.29, 0.717) is 6.04 Å². The molecule has 0 saturated carbocycles. The lowest BCUT2D eigenvalue weighted by molar-refractivity contribution is 0.589. The normalized spacial score (nSPS) is 20.2. The summed E-state index contributed by atoms with van der Waals surface area (Å²) in [5, 5.41) is 3.52. The van der Waals surface area contributed by atoms with Gasteiger partial charge in [-0.3, -0.25) is 0 Å². The first-order valence-electron chi connectivity index (χ1n) is 6.56. The van der Waals surface area contributed by atoms with Crippen molar-refractivity contribution in [3.8, 4) is 0 Å². The topological polar surface area (TPSA) is 40.7 Å². The zero-order valence-electron chi connectivity index (χ0n) is 10.3. The molecule has 3 rings (SSSR count). The van der Waals surface area contributed by atoms with Crippen LogP contribution >= 0.6 is 0 Å². The molecule has 1 aliphatic heterocycles. The number of para-hydroxylation sites is 1. The number of aromatic amines is 1. The molecule has 3 heteroatoms. The van der Waals surface area contributed by atoms with Gasteiger partial charge < -0.3 is 10.3 Å². The third-order valence-corrected chi connectivity index (χ3v) is 3.63. The monoisotopic (exact) mass is 229 g/mol. The average molecular weight is 229 g/mol. The van der Waals surface area contributed by atoms with E-state index in [1.54, 1.807) is 0 Å². The summed E-state index contributed by atoms with van der Waals surface area (Å²) >= 11 is 0. The summed E-state index contributed by atoms with van der Waals surface area (Å²) in [5.41, 5.74) is 3.67. The van der Waals surface area contributed by atoms with Gasteiger partial charge >= 0.3 is 0 Å². The predicted octanol–water partition coefficient (Wildman–Crippen LogP) is 2.42. The molecule has 0 bridgehead atoms. The van der Waals surface area contributed by atoms with Crippen molar-refractivity contribution in [3.05, 3.63) is 29.6 Å². The quantitative estimate of drug-likeness (QED) is 0.848. The smallest absolute Gasteiger partial charge is 0.108 e. The van der Waals surface area contributed by atoms with Crippen molar-refractivity contribution < 1.29 is 0 Å². The number of H-pyrrole nitrogens is 1. The van der Waals surface area contributed by atoms with Gasteiger partial charge in [-0.05, 0) is 37.4 Å². The van der Waals surface area contributed by atoms with E-state index >= 15 is 0 Å². The molecule has 1 fully saturated rings. The summed E-state index contributed by atoms with van der Waals surface area (Å²) in [6, 6.07) is 7.01. The molecule has 17 heavy (non-hydrogen) atoms. The second-order valence-corrected chi connectivity index (χ2v) is 4.85. The van der Waals surface area contributed by atoms with E-state index in [2.05, 4.69) is 35.4 Å². The summed E-state index contributed by atoms with van der Waals surface area (Å²) in [4.78, 5) is 8.20. The van der Waals surface area contributed by atoms with Gasteiger partial charge in [0, 0.05) is 12.5 Å². The van der Waals surface area contributed by atoms with Crippen LogP contribution in [-0.4, -0.2) is 22.6 Å². The molecule has 2 N–H and O–H groups in total. The predicted molar refractivity (Wildman–Crippen MR) is 70.2 cm³/mol. The average Bonchev–Trinajstić information content (AvgIpc) is 2.97. The van der Waals surface area contributed by atoms with Crippen LogP contribution in [0.1, 0.15) is 31.2 Å². The lowest BCUT2D eigenvalue weighted by Gasteiger charge is -2.06. The van der Waals surface area contributed by atoms with Crippen LogP contribution in [0.15, 0.2) is 18.2 Å². The van der Waals surface area contributed by atoms with E-state index in [9.17, 15) is 0 Å². The highest BCUT2D eigenvalue weighted by atomic mass is 15.0. The highest BCUT2D eigenvalue weighted by Gasteiger charge is 2.16. The maximum atomic E-state index is 4.75. The number of hydrogen-bond acceptors (Lipinski definition) is 2. The molecule has 0 aliphatic carbocycles. The zero-order valence-corrected chi connectivity index (χ0v) is 10.3. The Labute approximate surface area is 102 Å². The number of aryl methyl sites for hydroxylation is 1. The number of imidazole rings is 1. The molecule has 2 heterocycles. The van der Waals surface area contributed by atoms with Gasteiger partial charge in [0.25, 0.3) is 0 Å². The van der Waals surface area contributed by atoms with Crippen LogP contribution in [-0.2, 0) is 12.8 Å². The minimum absolute atomic E-state index is 0.612. The number of nitrogens with one attached hydrogen (secondary N) is 2. The summed E-state index contributed by atoms with van der Waals surface area (Å²) in [5.74, 6) is 1.13. The van der Waals surface area contributed by atoms with Crippen molar-refractivity contribution in [2.75, 3.05) is 6.54 Å². The van der Waals surface area contributed by atoms with Crippen LogP contribution in [0.4, 0.5) is 0 Å². The van der Waals surface area contributed by atoms with Gasteiger partial charge in [0.05, 0.1) is 11.0 Å². The molecular formula is C14H19N3. The minimum atomic E-state index is 0.612. The number of nitrogens with zero attached hydrogens (tertiary/aromatic N) is 1. The Balaban J connectivity index is 1.90. The highest BCUT2D eigenvalue weighted by Crippen LogP contribution is 2.18. The lowest BCUT2D eigenvalue weighted by Crippen LogP contribution is -2.24. The van der Waals surface area contributed by atoms with E-state index in [1.165, 1.54) is 23.9 Å². The van der Waals surface area contributed by atoms with E-state index in [0.717, 1.165) is 30.7 Å². The van der Waals surface area contributed by atoms with Crippen LogP contribution in [0, 0.1) is 0 Å². The number of fused-ring (bicyclic) bond motifs is 1. The van der Waals surface area contributed by atoms with E-state index < -0.39 is 0 Å². The van der Waals surface area contributed by atoms with Crippen LogP contribution in [0.5, 0.6) is 0 Å². The molecule has 1 atom stereocenters. The molecule has 0 radical (unpaired) electrons. The van der Waals surface area contributed by atoms with Crippen molar-refractivity contribution in [1.82, 2.24) is 15.3 Å². The van der Waals surface area contributed by atoms with Gasteiger partial charge in [0.15, 0.2) is 0 Å². The number of hydrogen-bond donors (Lipinski definition) is 2. The first-order chi connectivity index (χ1) is 8.36. The second kappa shape index (κ2) is 4.49. The van der Waals surface area contributed by atoms with Gasteiger partial charge in [-0.1, -0.05) is 19.1 Å². The molecule has 1 aromatic carbocycles. The molecule has 90 valence electrons. The molecule has 3 nitrogen and oxygen atoms in total. The van der Waals surface area contributed by atoms with E-state index in [-0.39, 0.29) is 0 Å². The summed E-state index contributed by atoms with van der Waals surface area (Å²) in [6.45, 7) is 3.34. The number of rotatable bonds is 3. The van der Waals surface area contributed by atoms with Crippen molar-refractivity contribution in [3.63, 3.8) is 0 Å². The fourth-order valence-electron chi connectivity index (χ4n) is 2.69. The Kier molecular flexibility index (Phi) is 2.85. The molecule has 1 aromatic heterocycles. The Bertz CT molecular complexity index is 509. The van der Waals surface area contributed by atoms with Crippen LogP contribution in [0.3, 0.4) is 0 Å². The molecule has 0 amide bonds. The molecule has 1 saturated heterocycles. The van der Waals surface area contributed by atoms with Crippen LogP contribution in [0.25, 0.3) is 11.0 Å². The second-order valence-electron chi connectivity index (χ2n) is 4.85. The maximum Gasteiger partial charge on any atom is 0.108 e. The molecular weight excluding hydrogens is 210 g/mol. The standard InChI is InChI=1S/C14H19N3/c1-2-10-5-3-7-12-14(10)17-13(16-12)9-11-6-4-8-15-11/h3,5,7,11,15H,2,4,6,8-9H2,1H3,(H,16,17). The van der Waals surface area contributed by atoms with Crippen LogP contribution in [0.2, 0.25) is 0 Å². The lowest BCUT2D eigenvalue weighted by atomic mass is 10.1. The van der Waals surface area contributed by atoms with E-state index in [4.69, 9.17) is 4.98 Å². The Hall–Kier alpha value is -1.35. The number of benzene rings is 1. The largest absolute Gasteiger partial charge is 0.342 e.